The number of hydrogen-bond donors (Lipinski definition) is 0. The summed E-state index contributed by atoms with van der Waals surface area (Å²) in [6, 6.07) is 0.0661. The van der Waals surface area contributed by atoms with Gasteiger partial charge in [0.1, 0.15) is 0 Å². The number of allylic oxidation sites excluding steroid dienone is 2. The summed E-state index contributed by atoms with van der Waals surface area (Å²) in [5, 5.41) is 0. The van der Waals surface area contributed by atoms with E-state index in [1.807, 2.05) is 18.7 Å². The zero-order valence-electron chi connectivity index (χ0n) is 13.8. The fraction of sp³-hybridized carbons (Fsp3) is 0.625. The summed E-state index contributed by atoms with van der Waals surface area (Å²) in [4.78, 5) is 16.6. The predicted octanol–water partition coefficient (Wildman–Crippen LogP) is 1.38. The zero-order chi connectivity index (χ0) is 16.8. The molecule has 3 rings (SSSR count). The molecule has 0 aromatic carbocycles. The molecular weight excluding hydrogens is 314 g/mol. The lowest BCUT2D eigenvalue weighted by atomic mass is 10.1. The molecule has 23 heavy (non-hydrogen) atoms. The lowest BCUT2D eigenvalue weighted by Gasteiger charge is -2.33. The molecule has 2 unspecified atom stereocenters. The van der Waals surface area contributed by atoms with Crippen molar-refractivity contribution in [3.8, 4) is 0 Å². The molecule has 2 atom stereocenters. The van der Waals surface area contributed by atoms with Crippen molar-refractivity contribution in [1.82, 2.24) is 9.80 Å². The summed E-state index contributed by atoms with van der Waals surface area (Å²) in [5.41, 5.74) is 0.373. The fourth-order valence-corrected chi connectivity index (χ4v) is 3.96. The third-order valence-electron chi connectivity index (χ3n) is 4.68. The predicted molar refractivity (Wildman–Crippen MR) is 89.3 cm³/mol. The van der Waals surface area contributed by atoms with Crippen molar-refractivity contribution >= 4 is 21.8 Å². The van der Waals surface area contributed by atoms with E-state index >= 15 is 0 Å². The van der Waals surface area contributed by atoms with E-state index in [1.165, 1.54) is 0 Å². The number of amidine groups is 1. The maximum absolute atomic E-state index is 13.0. The minimum absolute atomic E-state index is 0.0181. The third-order valence-corrected chi connectivity index (χ3v) is 5.83. The molecule has 0 aromatic rings. The Morgan fingerprint density at radius 2 is 2.17 bits per heavy atom. The quantitative estimate of drug-likeness (QED) is 0.777. The summed E-state index contributed by atoms with van der Waals surface area (Å²) in [5.74, 6) is 1.32. The molecule has 0 N–H and O–H groups in total. The van der Waals surface area contributed by atoms with Gasteiger partial charge in [-0.15, -0.1) is 4.40 Å². The minimum atomic E-state index is -3.48. The van der Waals surface area contributed by atoms with Crippen LogP contribution in [0.5, 0.6) is 0 Å². The number of amides is 1. The van der Waals surface area contributed by atoms with Crippen molar-refractivity contribution in [3.05, 3.63) is 23.9 Å². The van der Waals surface area contributed by atoms with Crippen LogP contribution in [0.2, 0.25) is 0 Å². The Hall–Kier alpha value is -1.63. The standard InChI is InChI=1S/C16H23N3O3S/c1-11(2)19(10-13-9-12(13)3)16(20)14-5-4-6-18-7-8-23(21,22)17-15(14)18/h4-6,11-13H,7-10H2,1-3H3. The number of sulfonamides is 1. The highest BCUT2D eigenvalue weighted by atomic mass is 32.2. The normalized spacial score (nSPS) is 28.1. The number of fused-ring (bicyclic) bond motifs is 1. The molecule has 1 aliphatic carbocycles. The molecule has 1 fully saturated rings. The molecule has 126 valence electrons. The summed E-state index contributed by atoms with van der Waals surface area (Å²) in [6.07, 6.45) is 6.37. The molecule has 7 heteroatoms. The average Bonchev–Trinajstić information content (AvgIpc) is 3.17. The minimum Gasteiger partial charge on any atom is -0.336 e. The van der Waals surface area contributed by atoms with Crippen LogP contribution in [0, 0.1) is 11.8 Å². The monoisotopic (exact) mass is 337 g/mol. The van der Waals surface area contributed by atoms with Crippen LogP contribution in [0.3, 0.4) is 0 Å². The average molecular weight is 337 g/mol. The second-order valence-electron chi connectivity index (χ2n) is 6.84. The molecule has 0 saturated heterocycles. The van der Waals surface area contributed by atoms with Gasteiger partial charge in [-0.1, -0.05) is 6.92 Å². The van der Waals surface area contributed by atoms with Crippen LogP contribution in [0.15, 0.2) is 28.3 Å². The first-order valence-corrected chi connectivity index (χ1v) is 9.68. The van der Waals surface area contributed by atoms with Gasteiger partial charge < -0.3 is 9.80 Å². The molecule has 0 radical (unpaired) electrons. The molecule has 1 amide bonds. The van der Waals surface area contributed by atoms with Crippen LogP contribution in [-0.2, 0) is 14.8 Å². The van der Waals surface area contributed by atoms with Gasteiger partial charge in [0.2, 0.25) is 0 Å². The van der Waals surface area contributed by atoms with Crippen LogP contribution < -0.4 is 0 Å². The maximum Gasteiger partial charge on any atom is 0.257 e. The largest absolute Gasteiger partial charge is 0.336 e. The van der Waals surface area contributed by atoms with E-state index in [9.17, 15) is 13.2 Å². The number of carbonyl (C=O) groups excluding carboxylic acids is 1. The first-order chi connectivity index (χ1) is 10.8. The molecule has 2 aliphatic heterocycles. The van der Waals surface area contributed by atoms with Gasteiger partial charge >= 0.3 is 0 Å². The molecule has 0 spiro atoms. The Labute approximate surface area is 137 Å². The van der Waals surface area contributed by atoms with E-state index in [0.29, 0.717) is 24.0 Å². The second kappa shape index (κ2) is 5.78. The third kappa shape index (κ3) is 3.34. The van der Waals surface area contributed by atoms with Gasteiger partial charge in [0.05, 0.1) is 11.3 Å². The highest BCUT2D eigenvalue weighted by Gasteiger charge is 2.38. The summed E-state index contributed by atoms with van der Waals surface area (Å²) in [7, 11) is -3.48. The molecule has 1 saturated carbocycles. The zero-order valence-corrected chi connectivity index (χ0v) is 14.6. The molecule has 0 aromatic heterocycles. The smallest absolute Gasteiger partial charge is 0.257 e. The SMILES string of the molecule is CC1CC1CN(C(=O)C1=CC=CN2CCS(=O)(=O)N=C12)C(C)C. The molecule has 3 aliphatic rings. The van der Waals surface area contributed by atoms with E-state index in [4.69, 9.17) is 0 Å². The topological polar surface area (TPSA) is 70.1 Å². The lowest BCUT2D eigenvalue weighted by molar-refractivity contribution is -0.128. The van der Waals surface area contributed by atoms with Crippen molar-refractivity contribution < 1.29 is 13.2 Å². The number of rotatable bonds is 4. The Kier molecular flexibility index (Phi) is 4.08. The number of nitrogens with zero attached hydrogens (tertiary/aromatic N) is 3. The Bertz CT molecular complexity index is 706. The van der Waals surface area contributed by atoms with Crippen molar-refractivity contribution in [3.63, 3.8) is 0 Å². The summed E-state index contributed by atoms with van der Waals surface area (Å²) in [6.45, 7) is 7.22. The fourth-order valence-electron chi connectivity index (χ4n) is 2.97. The van der Waals surface area contributed by atoms with Crippen LogP contribution in [-0.4, -0.2) is 54.8 Å². The Morgan fingerprint density at radius 1 is 1.48 bits per heavy atom. The van der Waals surface area contributed by atoms with Crippen molar-refractivity contribution in [2.24, 2.45) is 16.2 Å². The van der Waals surface area contributed by atoms with Crippen molar-refractivity contribution in [2.75, 3.05) is 18.8 Å². The number of hydrogen-bond acceptors (Lipinski definition) is 4. The molecule has 0 bridgehead atoms. The first-order valence-electron chi connectivity index (χ1n) is 8.07. The van der Waals surface area contributed by atoms with Crippen LogP contribution >= 0.6 is 0 Å². The Morgan fingerprint density at radius 3 is 2.78 bits per heavy atom. The van der Waals surface area contributed by atoms with Crippen LogP contribution in [0.1, 0.15) is 27.2 Å². The Balaban J connectivity index is 1.88. The van der Waals surface area contributed by atoms with Crippen LogP contribution in [0.25, 0.3) is 0 Å². The van der Waals surface area contributed by atoms with Crippen molar-refractivity contribution in [2.45, 2.75) is 33.2 Å². The second-order valence-corrected chi connectivity index (χ2v) is 8.60. The van der Waals surface area contributed by atoms with Gasteiger partial charge in [0.15, 0.2) is 5.84 Å². The summed E-state index contributed by atoms with van der Waals surface area (Å²) < 4.78 is 27.5. The molecule has 6 nitrogen and oxygen atoms in total. The lowest BCUT2D eigenvalue weighted by Crippen LogP contribution is -2.46. The van der Waals surface area contributed by atoms with E-state index in [1.54, 1.807) is 23.3 Å². The van der Waals surface area contributed by atoms with Gasteiger partial charge in [-0.25, -0.2) is 8.42 Å². The number of carbonyl (C=O) groups is 1. The van der Waals surface area contributed by atoms with Gasteiger partial charge in [-0.3, -0.25) is 4.79 Å². The molecular formula is C16H23N3O3S. The van der Waals surface area contributed by atoms with Crippen LogP contribution in [0.4, 0.5) is 0 Å². The van der Waals surface area contributed by atoms with Gasteiger partial charge in [-0.05, 0) is 44.3 Å². The van der Waals surface area contributed by atoms with Crippen molar-refractivity contribution in [1.29, 1.82) is 0 Å². The van der Waals surface area contributed by atoms with Gasteiger partial charge in [0.25, 0.3) is 15.9 Å². The highest BCUT2D eigenvalue weighted by molar-refractivity contribution is 7.90. The summed E-state index contributed by atoms with van der Waals surface area (Å²) >= 11 is 0. The molecule has 2 heterocycles. The van der Waals surface area contributed by atoms with Gasteiger partial charge in [-0.2, -0.15) is 0 Å². The van der Waals surface area contributed by atoms with E-state index < -0.39 is 10.0 Å². The van der Waals surface area contributed by atoms with E-state index in [-0.39, 0.29) is 23.5 Å². The van der Waals surface area contributed by atoms with E-state index in [0.717, 1.165) is 13.0 Å². The van der Waals surface area contributed by atoms with E-state index in [2.05, 4.69) is 11.3 Å². The first kappa shape index (κ1) is 16.2. The maximum atomic E-state index is 13.0. The van der Waals surface area contributed by atoms with Gasteiger partial charge in [0, 0.05) is 25.3 Å². The highest BCUT2D eigenvalue weighted by Crippen LogP contribution is 2.38.